The van der Waals surface area contributed by atoms with Crippen molar-refractivity contribution < 1.29 is 13.2 Å². The maximum absolute atomic E-state index is 12.5. The van der Waals surface area contributed by atoms with E-state index in [1.54, 1.807) is 24.3 Å². The average molecular weight is 481 g/mol. The van der Waals surface area contributed by atoms with Crippen molar-refractivity contribution in [2.24, 2.45) is 10.2 Å². The first kappa shape index (κ1) is 21.9. The molecule has 0 spiro atoms. The molecule has 1 aromatic rings. The Kier molecular flexibility index (Phi) is 7.09. The van der Waals surface area contributed by atoms with Gasteiger partial charge in [-0.2, -0.15) is 10.2 Å². The number of amides is 1. The van der Waals surface area contributed by atoms with Crippen LogP contribution < -0.4 is 0 Å². The van der Waals surface area contributed by atoms with Gasteiger partial charge >= 0.3 is 0 Å². The molecule has 2 aliphatic rings. The van der Waals surface area contributed by atoms with Crippen LogP contribution >= 0.6 is 15.9 Å². The summed E-state index contributed by atoms with van der Waals surface area (Å²) in [6.07, 6.45) is 7.63. The molecule has 0 aliphatic carbocycles. The number of terminal acetylenes is 1. The van der Waals surface area contributed by atoms with Crippen LogP contribution in [0.25, 0.3) is 0 Å². The second kappa shape index (κ2) is 9.37. The molecule has 29 heavy (non-hydrogen) atoms. The van der Waals surface area contributed by atoms with Gasteiger partial charge in [-0.15, -0.1) is 12.3 Å². The molecular formula is C20H25BrN4O3S. The zero-order valence-corrected chi connectivity index (χ0v) is 18.7. The summed E-state index contributed by atoms with van der Waals surface area (Å²) in [5.74, 6) is 2.76. The van der Waals surface area contributed by atoms with E-state index in [0.717, 1.165) is 4.47 Å². The molecule has 1 fully saturated rings. The maximum Gasteiger partial charge on any atom is 0.222 e. The van der Waals surface area contributed by atoms with Crippen LogP contribution in [0.3, 0.4) is 0 Å². The highest BCUT2D eigenvalue weighted by atomic mass is 79.9. The van der Waals surface area contributed by atoms with Gasteiger partial charge in [-0.3, -0.25) is 9.69 Å². The monoisotopic (exact) mass is 480 g/mol. The molecule has 1 aromatic carbocycles. The number of rotatable bonds is 9. The predicted octanol–water partition coefficient (Wildman–Crippen LogP) is 2.72. The van der Waals surface area contributed by atoms with Crippen molar-refractivity contribution in [3.63, 3.8) is 0 Å². The van der Waals surface area contributed by atoms with Crippen LogP contribution in [0.2, 0.25) is 0 Å². The van der Waals surface area contributed by atoms with E-state index in [9.17, 15) is 13.2 Å². The number of benzene rings is 1. The quantitative estimate of drug-likeness (QED) is 0.508. The van der Waals surface area contributed by atoms with Gasteiger partial charge in [-0.05, 0) is 24.3 Å². The fourth-order valence-electron chi connectivity index (χ4n) is 3.36. The first-order valence-electron chi connectivity index (χ1n) is 9.70. The number of halogens is 1. The molecule has 3 rings (SSSR count). The largest absolute Gasteiger partial charge is 0.340 e. The van der Waals surface area contributed by atoms with Crippen LogP contribution in [-0.2, 0) is 14.6 Å². The zero-order chi connectivity index (χ0) is 20.9. The molecule has 156 valence electrons. The molecule has 0 aromatic heterocycles. The van der Waals surface area contributed by atoms with Crippen molar-refractivity contribution in [1.29, 1.82) is 0 Å². The number of nitrogens with zero attached hydrogens (tertiary/aromatic N) is 4. The number of carbonyl (C=O) groups excluding carboxylic acids is 1. The van der Waals surface area contributed by atoms with E-state index in [1.807, 2.05) is 4.90 Å². The van der Waals surface area contributed by atoms with Gasteiger partial charge in [0.2, 0.25) is 5.91 Å². The minimum absolute atomic E-state index is 0.0727. The predicted molar refractivity (Wildman–Crippen MR) is 114 cm³/mol. The van der Waals surface area contributed by atoms with Crippen molar-refractivity contribution in [2.75, 3.05) is 38.5 Å². The van der Waals surface area contributed by atoms with Gasteiger partial charge in [-0.25, -0.2) is 8.42 Å². The number of sulfone groups is 1. The van der Waals surface area contributed by atoms with Crippen molar-refractivity contribution in [3.8, 4) is 12.3 Å². The molecule has 7 nitrogen and oxygen atoms in total. The van der Waals surface area contributed by atoms with E-state index in [2.05, 4.69) is 37.0 Å². The molecule has 0 unspecified atom stereocenters. The van der Waals surface area contributed by atoms with Gasteiger partial charge in [0.05, 0.1) is 10.6 Å². The molecule has 0 atom stereocenters. The summed E-state index contributed by atoms with van der Waals surface area (Å²) < 4.78 is 25.8. The molecule has 9 heteroatoms. The Morgan fingerprint density at radius 3 is 2.38 bits per heavy atom. The summed E-state index contributed by atoms with van der Waals surface area (Å²) in [5.41, 5.74) is -0.425. The number of piperazine rings is 1. The normalized spacial score (nSPS) is 18.4. The summed E-state index contributed by atoms with van der Waals surface area (Å²) in [6, 6.07) is 6.70. The van der Waals surface area contributed by atoms with Gasteiger partial charge in [0, 0.05) is 62.9 Å². The number of hydrogen-bond donors (Lipinski definition) is 0. The van der Waals surface area contributed by atoms with E-state index in [1.165, 1.54) is 0 Å². The Bertz CT molecular complexity index is 895. The third-order valence-corrected chi connectivity index (χ3v) is 7.60. The Morgan fingerprint density at radius 2 is 1.79 bits per heavy atom. The van der Waals surface area contributed by atoms with Crippen molar-refractivity contribution >= 4 is 31.7 Å². The summed E-state index contributed by atoms with van der Waals surface area (Å²) in [6.45, 7) is 3.05. The highest BCUT2D eigenvalue weighted by molar-refractivity contribution is 9.10. The van der Waals surface area contributed by atoms with Gasteiger partial charge in [0.15, 0.2) is 15.5 Å². The maximum atomic E-state index is 12.5. The highest BCUT2D eigenvalue weighted by Gasteiger charge is 2.39. The van der Waals surface area contributed by atoms with Gasteiger partial charge in [0.1, 0.15) is 0 Å². The standard InChI is InChI=1S/C20H25BrN4O3S/c1-2-3-9-20(22-23-20)10-8-19(26)25-13-11-24(12-14-25)15-16-29(27,28)18-6-4-17(21)5-7-18/h1,4-7H,3,8-16H2. The van der Waals surface area contributed by atoms with Crippen LogP contribution in [0, 0.1) is 12.3 Å². The highest BCUT2D eigenvalue weighted by Crippen LogP contribution is 2.37. The SMILES string of the molecule is C#CCCC1(CCC(=O)N2CCN(CCS(=O)(=O)c3ccc(Br)cc3)CC2)N=N1. The minimum Gasteiger partial charge on any atom is -0.340 e. The van der Waals surface area contributed by atoms with E-state index >= 15 is 0 Å². The van der Waals surface area contributed by atoms with E-state index in [-0.39, 0.29) is 11.7 Å². The smallest absolute Gasteiger partial charge is 0.222 e. The number of carbonyl (C=O) groups is 1. The van der Waals surface area contributed by atoms with Crippen molar-refractivity contribution in [1.82, 2.24) is 9.80 Å². The van der Waals surface area contributed by atoms with E-state index in [0.29, 0.717) is 63.3 Å². The molecular weight excluding hydrogens is 456 g/mol. The molecule has 2 heterocycles. The summed E-state index contributed by atoms with van der Waals surface area (Å²) in [5, 5.41) is 8.14. The van der Waals surface area contributed by atoms with Crippen LogP contribution in [0.15, 0.2) is 43.9 Å². The van der Waals surface area contributed by atoms with Crippen molar-refractivity contribution in [3.05, 3.63) is 28.7 Å². The Hall–Kier alpha value is -1.76. The first-order valence-corrected chi connectivity index (χ1v) is 12.1. The van der Waals surface area contributed by atoms with Crippen LogP contribution in [0.5, 0.6) is 0 Å². The lowest BCUT2D eigenvalue weighted by atomic mass is 10.0. The third kappa shape index (κ3) is 6.11. The van der Waals surface area contributed by atoms with Gasteiger partial charge in [0.25, 0.3) is 0 Å². The lowest BCUT2D eigenvalue weighted by molar-refractivity contribution is -0.133. The van der Waals surface area contributed by atoms with Crippen LogP contribution in [0.4, 0.5) is 0 Å². The van der Waals surface area contributed by atoms with E-state index < -0.39 is 15.5 Å². The zero-order valence-electron chi connectivity index (χ0n) is 16.3. The lowest BCUT2D eigenvalue weighted by Crippen LogP contribution is -2.49. The van der Waals surface area contributed by atoms with Gasteiger partial charge < -0.3 is 4.90 Å². The second-order valence-electron chi connectivity index (χ2n) is 7.38. The first-order chi connectivity index (χ1) is 13.8. The van der Waals surface area contributed by atoms with Crippen molar-refractivity contribution in [2.45, 2.75) is 36.2 Å². The third-order valence-electron chi connectivity index (χ3n) is 5.37. The van der Waals surface area contributed by atoms with Crippen LogP contribution in [0.1, 0.15) is 25.7 Å². The molecule has 1 saturated heterocycles. The number of hydrogen-bond acceptors (Lipinski definition) is 6. The summed E-state index contributed by atoms with van der Waals surface area (Å²) in [4.78, 5) is 16.7. The molecule has 0 bridgehead atoms. The lowest BCUT2D eigenvalue weighted by Gasteiger charge is -2.34. The summed E-state index contributed by atoms with van der Waals surface area (Å²) >= 11 is 3.31. The van der Waals surface area contributed by atoms with Crippen LogP contribution in [-0.4, -0.2) is 68.3 Å². The topological polar surface area (TPSA) is 82.4 Å². The average Bonchev–Trinajstić information content (AvgIpc) is 3.50. The molecule has 2 aliphatic heterocycles. The fourth-order valence-corrected chi connectivity index (χ4v) is 4.91. The van der Waals surface area contributed by atoms with Gasteiger partial charge in [-0.1, -0.05) is 15.9 Å². The molecule has 0 radical (unpaired) electrons. The Labute approximate surface area is 180 Å². The summed E-state index contributed by atoms with van der Waals surface area (Å²) in [7, 11) is -3.31. The minimum atomic E-state index is -3.31. The van der Waals surface area contributed by atoms with E-state index in [4.69, 9.17) is 6.42 Å². The Morgan fingerprint density at radius 1 is 1.14 bits per heavy atom. The second-order valence-corrected chi connectivity index (χ2v) is 10.4. The molecule has 0 saturated carbocycles. The fraction of sp³-hybridized carbons (Fsp3) is 0.550. The molecule has 0 N–H and O–H groups in total. The Balaban J connectivity index is 1.39. The molecule has 1 amide bonds.